The van der Waals surface area contributed by atoms with Crippen LogP contribution in [0.25, 0.3) is 0 Å². The van der Waals surface area contributed by atoms with Crippen molar-refractivity contribution < 1.29 is 14.0 Å². The molecule has 0 radical (unpaired) electrons. The standard InChI is InChI=1S/C17H28N4O3S.ClH/c1-11(2)13(19-15(23)12-7-5-4-6-8-12)14(22)16-20-21-17(24-16)25-10-9-18-3;/h11-13,18H,4-10H2,1-3H3,(H,19,23);1H/t13-;/m0./s1. The Morgan fingerprint density at radius 3 is 2.54 bits per heavy atom. The molecule has 1 aliphatic carbocycles. The quantitative estimate of drug-likeness (QED) is 0.371. The van der Waals surface area contributed by atoms with Gasteiger partial charge in [0.05, 0.1) is 6.04 Å². The van der Waals surface area contributed by atoms with E-state index in [-0.39, 0.29) is 41.8 Å². The first-order valence-electron chi connectivity index (χ1n) is 8.98. The van der Waals surface area contributed by atoms with Crippen LogP contribution in [0.4, 0.5) is 0 Å². The number of Topliss-reactive ketones (excluding diaryl/α,β-unsaturated/α-hetero) is 1. The highest BCUT2D eigenvalue weighted by molar-refractivity contribution is 7.99. The van der Waals surface area contributed by atoms with Gasteiger partial charge in [0.2, 0.25) is 11.7 Å². The summed E-state index contributed by atoms with van der Waals surface area (Å²) in [6.07, 6.45) is 5.14. The van der Waals surface area contributed by atoms with Crippen molar-refractivity contribution in [2.24, 2.45) is 11.8 Å². The maximum Gasteiger partial charge on any atom is 0.286 e. The predicted molar refractivity (Wildman–Crippen MR) is 104 cm³/mol. The summed E-state index contributed by atoms with van der Waals surface area (Å²) < 4.78 is 5.46. The Morgan fingerprint density at radius 2 is 1.92 bits per heavy atom. The summed E-state index contributed by atoms with van der Waals surface area (Å²) in [6.45, 7) is 4.62. The molecular formula is C17H29ClN4O3S. The minimum absolute atomic E-state index is 0. The summed E-state index contributed by atoms with van der Waals surface area (Å²) in [5.74, 6) is 0.361. The van der Waals surface area contributed by atoms with Crippen molar-refractivity contribution in [1.29, 1.82) is 0 Å². The van der Waals surface area contributed by atoms with Gasteiger partial charge in [0.25, 0.3) is 11.1 Å². The zero-order valence-corrected chi connectivity index (χ0v) is 17.3. The molecule has 26 heavy (non-hydrogen) atoms. The topological polar surface area (TPSA) is 97.1 Å². The summed E-state index contributed by atoms with van der Waals surface area (Å²) in [5.41, 5.74) is 0. The highest BCUT2D eigenvalue weighted by Crippen LogP contribution is 2.24. The average molecular weight is 405 g/mol. The minimum atomic E-state index is -0.634. The zero-order valence-electron chi connectivity index (χ0n) is 15.6. The molecule has 2 rings (SSSR count). The van der Waals surface area contributed by atoms with Crippen molar-refractivity contribution in [3.05, 3.63) is 5.89 Å². The molecule has 1 atom stereocenters. The van der Waals surface area contributed by atoms with Crippen molar-refractivity contribution in [2.45, 2.75) is 57.2 Å². The second kappa shape index (κ2) is 11.6. The minimum Gasteiger partial charge on any atom is -0.408 e. The van der Waals surface area contributed by atoms with E-state index in [4.69, 9.17) is 4.42 Å². The Morgan fingerprint density at radius 1 is 1.23 bits per heavy atom. The van der Waals surface area contributed by atoms with Gasteiger partial charge in [0, 0.05) is 18.2 Å². The fraction of sp³-hybridized carbons (Fsp3) is 0.765. The highest BCUT2D eigenvalue weighted by atomic mass is 35.5. The van der Waals surface area contributed by atoms with Gasteiger partial charge in [-0.2, -0.15) is 0 Å². The number of nitrogens with zero attached hydrogens (tertiary/aromatic N) is 2. The molecule has 0 bridgehead atoms. The van der Waals surface area contributed by atoms with E-state index in [9.17, 15) is 9.59 Å². The summed E-state index contributed by atoms with van der Waals surface area (Å²) in [7, 11) is 1.87. The van der Waals surface area contributed by atoms with Gasteiger partial charge in [0.15, 0.2) is 0 Å². The average Bonchev–Trinajstić information content (AvgIpc) is 3.08. The number of thioether (sulfide) groups is 1. The number of carbonyl (C=O) groups excluding carboxylic acids is 2. The molecule has 0 aliphatic heterocycles. The molecule has 1 amide bonds. The fourth-order valence-corrected chi connectivity index (χ4v) is 3.63. The lowest BCUT2D eigenvalue weighted by Crippen LogP contribution is -2.47. The number of ketones is 1. The number of nitrogens with one attached hydrogen (secondary N) is 2. The zero-order chi connectivity index (χ0) is 18.2. The molecular weight excluding hydrogens is 376 g/mol. The second-order valence-corrected chi connectivity index (χ2v) is 7.80. The molecule has 0 saturated heterocycles. The van der Waals surface area contributed by atoms with Gasteiger partial charge in [-0.1, -0.05) is 44.9 Å². The predicted octanol–water partition coefficient (Wildman–Crippen LogP) is 2.71. The molecule has 1 aliphatic rings. The summed E-state index contributed by atoms with van der Waals surface area (Å²) in [5, 5.41) is 14.1. The molecule has 1 aromatic rings. The Bertz CT molecular complexity index is 576. The smallest absolute Gasteiger partial charge is 0.286 e. The van der Waals surface area contributed by atoms with Crippen molar-refractivity contribution in [1.82, 2.24) is 20.8 Å². The van der Waals surface area contributed by atoms with Crippen molar-refractivity contribution in [3.8, 4) is 0 Å². The second-order valence-electron chi connectivity index (χ2n) is 6.75. The van der Waals surface area contributed by atoms with Crippen LogP contribution in [0.3, 0.4) is 0 Å². The molecule has 0 aromatic carbocycles. The number of rotatable bonds is 9. The molecule has 1 fully saturated rings. The Balaban J connectivity index is 0.00000338. The third-order valence-corrected chi connectivity index (χ3v) is 5.24. The molecule has 1 heterocycles. The lowest BCUT2D eigenvalue weighted by atomic mass is 9.88. The van der Waals surface area contributed by atoms with E-state index in [2.05, 4.69) is 20.8 Å². The Labute approximate surface area is 165 Å². The number of hydrogen-bond donors (Lipinski definition) is 2. The highest BCUT2D eigenvalue weighted by Gasteiger charge is 2.32. The van der Waals surface area contributed by atoms with Gasteiger partial charge in [-0.25, -0.2) is 0 Å². The van der Waals surface area contributed by atoms with E-state index < -0.39 is 6.04 Å². The molecule has 0 unspecified atom stereocenters. The molecule has 1 aromatic heterocycles. The number of amides is 1. The van der Waals surface area contributed by atoms with Crippen LogP contribution in [0, 0.1) is 11.8 Å². The van der Waals surface area contributed by atoms with E-state index >= 15 is 0 Å². The summed E-state index contributed by atoms with van der Waals surface area (Å²) >= 11 is 1.40. The molecule has 148 valence electrons. The summed E-state index contributed by atoms with van der Waals surface area (Å²) in [6, 6.07) is -0.634. The van der Waals surface area contributed by atoms with Gasteiger partial charge in [-0.3, -0.25) is 9.59 Å². The Hall–Kier alpha value is -1.12. The molecule has 9 heteroatoms. The van der Waals surface area contributed by atoms with Gasteiger partial charge < -0.3 is 15.1 Å². The lowest BCUT2D eigenvalue weighted by Gasteiger charge is -2.25. The maximum atomic E-state index is 12.7. The number of carbonyl (C=O) groups is 2. The third-order valence-electron chi connectivity index (χ3n) is 4.42. The van der Waals surface area contributed by atoms with E-state index in [0.29, 0.717) is 5.22 Å². The van der Waals surface area contributed by atoms with Crippen LogP contribution < -0.4 is 10.6 Å². The van der Waals surface area contributed by atoms with Gasteiger partial charge in [-0.05, 0) is 25.8 Å². The number of aromatic nitrogens is 2. The molecule has 7 nitrogen and oxygen atoms in total. The van der Waals surface area contributed by atoms with Crippen LogP contribution in [-0.4, -0.2) is 47.3 Å². The van der Waals surface area contributed by atoms with Crippen LogP contribution in [0.5, 0.6) is 0 Å². The maximum absolute atomic E-state index is 12.7. The van der Waals surface area contributed by atoms with E-state index in [1.807, 2.05) is 20.9 Å². The van der Waals surface area contributed by atoms with Gasteiger partial charge in [0.1, 0.15) is 0 Å². The molecule has 2 N–H and O–H groups in total. The fourth-order valence-electron chi connectivity index (χ4n) is 2.91. The molecule has 0 spiro atoms. The van der Waals surface area contributed by atoms with E-state index in [1.54, 1.807) is 0 Å². The number of hydrogen-bond acceptors (Lipinski definition) is 7. The van der Waals surface area contributed by atoms with Crippen molar-refractivity contribution in [2.75, 3.05) is 19.3 Å². The normalized spacial score (nSPS) is 16.2. The first kappa shape index (κ1) is 22.9. The van der Waals surface area contributed by atoms with E-state index in [1.165, 1.54) is 18.2 Å². The first-order valence-corrected chi connectivity index (χ1v) is 9.97. The first-order chi connectivity index (χ1) is 12.0. The van der Waals surface area contributed by atoms with Gasteiger partial charge >= 0.3 is 0 Å². The van der Waals surface area contributed by atoms with Crippen molar-refractivity contribution >= 4 is 35.9 Å². The summed E-state index contributed by atoms with van der Waals surface area (Å²) in [4.78, 5) is 25.2. The van der Waals surface area contributed by atoms with E-state index in [0.717, 1.165) is 38.0 Å². The van der Waals surface area contributed by atoms with Crippen LogP contribution in [0.15, 0.2) is 9.64 Å². The van der Waals surface area contributed by atoms with Crippen LogP contribution in [0.2, 0.25) is 0 Å². The van der Waals surface area contributed by atoms with Gasteiger partial charge in [-0.15, -0.1) is 22.6 Å². The number of halogens is 1. The molecule has 1 saturated carbocycles. The SMILES string of the molecule is CNCCSc1nnc(C(=O)[C@@H](NC(=O)C2CCCCC2)C(C)C)o1.Cl. The van der Waals surface area contributed by atoms with Crippen LogP contribution >= 0.6 is 24.2 Å². The monoisotopic (exact) mass is 404 g/mol. The van der Waals surface area contributed by atoms with Crippen LogP contribution in [0.1, 0.15) is 56.6 Å². The lowest BCUT2D eigenvalue weighted by molar-refractivity contribution is -0.126. The Kier molecular flexibility index (Phi) is 10.2. The largest absolute Gasteiger partial charge is 0.408 e. The van der Waals surface area contributed by atoms with Crippen LogP contribution in [-0.2, 0) is 4.79 Å². The third kappa shape index (κ3) is 6.55. The van der Waals surface area contributed by atoms with Crippen molar-refractivity contribution in [3.63, 3.8) is 0 Å².